The summed E-state index contributed by atoms with van der Waals surface area (Å²) in [5, 5.41) is 8.43. The van der Waals surface area contributed by atoms with Gasteiger partial charge in [0, 0.05) is 0 Å². The number of unbranched alkanes of at least 4 members (excludes halogenated alkanes) is 3. The Morgan fingerprint density at radius 2 is 2.07 bits per heavy atom. The number of hydrogen-bond acceptors (Lipinski definition) is 4. The molecule has 0 aliphatic heterocycles. The molecule has 0 amide bonds. The summed E-state index contributed by atoms with van der Waals surface area (Å²) in [4.78, 5) is 14.2. The van der Waals surface area contributed by atoms with Gasteiger partial charge in [0.2, 0.25) is 0 Å². The summed E-state index contributed by atoms with van der Waals surface area (Å²) in [5.74, 6) is 0. The second kappa shape index (κ2) is 6.61. The number of thioether (sulfide) groups is 1. The van der Waals surface area contributed by atoms with Crippen LogP contribution >= 0.6 is 11.8 Å². The predicted octanol–water partition coefficient (Wildman–Crippen LogP) is 2.01. The number of aromatic nitrogens is 3. The molecule has 0 saturated heterocycles. The monoisotopic (exact) mass is 227 g/mol. The second-order valence-electron chi connectivity index (χ2n) is 3.42. The fraction of sp³-hybridized carbons (Fsp3) is 0.700. The van der Waals surface area contributed by atoms with E-state index in [9.17, 15) is 4.79 Å². The Bertz CT molecular complexity index is 351. The Morgan fingerprint density at radius 3 is 2.67 bits per heavy atom. The number of aryl methyl sites for hydroxylation is 1. The van der Waals surface area contributed by atoms with Crippen LogP contribution in [0.1, 0.15) is 38.3 Å². The van der Waals surface area contributed by atoms with E-state index >= 15 is 0 Å². The van der Waals surface area contributed by atoms with E-state index < -0.39 is 0 Å². The minimum absolute atomic E-state index is 0.0918. The van der Waals surface area contributed by atoms with Crippen molar-refractivity contribution >= 4 is 11.8 Å². The van der Waals surface area contributed by atoms with Crippen LogP contribution < -0.4 is 5.56 Å². The first-order chi connectivity index (χ1) is 7.27. The van der Waals surface area contributed by atoms with E-state index in [2.05, 4.69) is 22.1 Å². The Morgan fingerprint density at radius 1 is 1.27 bits per heavy atom. The highest BCUT2D eigenvalue weighted by atomic mass is 32.2. The summed E-state index contributed by atoms with van der Waals surface area (Å²) < 4.78 is 0. The third-order valence-corrected chi connectivity index (χ3v) is 2.77. The number of aromatic amines is 1. The summed E-state index contributed by atoms with van der Waals surface area (Å²) in [7, 11) is 0. The molecule has 0 saturated carbocycles. The van der Waals surface area contributed by atoms with Gasteiger partial charge in [-0.3, -0.25) is 9.78 Å². The van der Waals surface area contributed by atoms with Gasteiger partial charge in [0.15, 0.2) is 5.16 Å². The van der Waals surface area contributed by atoms with Crippen LogP contribution in [0.2, 0.25) is 0 Å². The van der Waals surface area contributed by atoms with Crippen LogP contribution in [-0.2, 0) is 6.42 Å². The van der Waals surface area contributed by atoms with Crippen LogP contribution in [0.25, 0.3) is 0 Å². The van der Waals surface area contributed by atoms with Gasteiger partial charge in [-0.15, -0.1) is 10.2 Å². The molecule has 5 heteroatoms. The molecule has 0 aliphatic carbocycles. The van der Waals surface area contributed by atoms with E-state index in [4.69, 9.17) is 0 Å². The van der Waals surface area contributed by atoms with Gasteiger partial charge in [0.1, 0.15) is 5.69 Å². The third kappa shape index (κ3) is 4.03. The zero-order valence-electron chi connectivity index (χ0n) is 9.25. The van der Waals surface area contributed by atoms with Crippen molar-refractivity contribution in [2.45, 2.75) is 44.2 Å². The fourth-order valence-electron chi connectivity index (χ4n) is 1.32. The van der Waals surface area contributed by atoms with Crippen LogP contribution in [0.3, 0.4) is 0 Å². The van der Waals surface area contributed by atoms with E-state index in [1.807, 2.05) is 6.26 Å². The van der Waals surface area contributed by atoms with Crippen molar-refractivity contribution in [2.24, 2.45) is 0 Å². The third-order valence-electron chi connectivity index (χ3n) is 2.20. The summed E-state index contributed by atoms with van der Waals surface area (Å²) in [6.45, 7) is 2.17. The van der Waals surface area contributed by atoms with Gasteiger partial charge in [0.05, 0.1) is 0 Å². The highest BCUT2D eigenvalue weighted by molar-refractivity contribution is 7.98. The Kier molecular flexibility index (Phi) is 5.39. The second-order valence-corrected chi connectivity index (χ2v) is 4.22. The van der Waals surface area contributed by atoms with Crippen LogP contribution in [0.4, 0.5) is 0 Å². The van der Waals surface area contributed by atoms with Crippen LogP contribution in [-0.4, -0.2) is 21.4 Å². The molecule has 1 aromatic rings. The molecular weight excluding hydrogens is 210 g/mol. The van der Waals surface area contributed by atoms with Crippen LogP contribution in [0, 0.1) is 0 Å². The van der Waals surface area contributed by atoms with E-state index in [0.29, 0.717) is 10.9 Å². The summed E-state index contributed by atoms with van der Waals surface area (Å²) >= 11 is 1.39. The van der Waals surface area contributed by atoms with E-state index in [1.165, 1.54) is 24.6 Å². The molecular formula is C10H17N3OS. The van der Waals surface area contributed by atoms with Gasteiger partial charge in [-0.1, -0.05) is 37.9 Å². The molecule has 84 valence electrons. The molecule has 15 heavy (non-hydrogen) atoms. The van der Waals surface area contributed by atoms with Crippen LogP contribution in [0.15, 0.2) is 9.95 Å². The maximum absolute atomic E-state index is 11.5. The lowest BCUT2D eigenvalue weighted by Gasteiger charge is -1.99. The maximum atomic E-state index is 11.5. The minimum Gasteiger partial charge on any atom is -0.298 e. The standard InChI is InChI=1S/C10H17N3OS/c1-3-4-5-6-7-8-9(14)11-10(15-2)13-12-8/h3-7H2,1-2H3,(H,11,13,14). The van der Waals surface area contributed by atoms with Gasteiger partial charge in [0.25, 0.3) is 5.56 Å². The van der Waals surface area contributed by atoms with Crippen molar-refractivity contribution in [1.82, 2.24) is 15.2 Å². The van der Waals surface area contributed by atoms with E-state index in [-0.39, 0.29) is 5.56 Å². The van der Waals surface area contributed by atoms with Crippen molar-refractivity contribution in [2.75, 3.05) is 6.26 Å². The lowest BCUT2D eigenvalue weighted by Crippen LogP contribution is -2.17. The highest BCUT2D eigenvalue weighted by Crippen LogP contribution is 2.05. The molecule has 0 aliphatic rings. The Labute approximate surface area is 93.9 Å². The highest BCUT2D eigenvalue weighted by Gasteiger charge is 2.03. The number of H-pyrrole nitrogens is 1. The molecule has 1 rings (SSSR count). The van der Waals surface area contributed by atoms with E-state index in [1.54, 1.807) is 0 Å². The molecule has 4 nitrogen and oxygen atoms in total. The lowest BCUT2D eigenvalue weighted by atomic mass is 10.1. The number of rotatable bonds is 6. The number of nitrogens with one attached hydrogen (secondary N) is 1. The van der Waals surface area contributed by atoms with Crippen LogP contribution in [0.5, 0.6) is 0 Å². The first kappa shape index (κ1) is 12.2. The quantitative estimate of drug-likeness (QED) is 0.596. The zero-order valence-corrected chi connectivity index (χ0v) is 10.1. The molecule has 1 N–H and O–H groups in total. The Hall–Kier alpha value is -0.840. The molecule has 0 unspecified atom stereocenters. The molecule has 0 atom stereocenters. The smallest absolute Gasteiger partial charge is 0.273 e. The summed E-state index contributed by atoms with van der Waals surface area (Å²) in [6, 6.07) is 0. The largest absolute Gasteiger partial charge is 0.298 e. The lowest BCUT2D eigenvalue weighted by molar-refractivity contribution is 0.642. The van der Waals surface area contributed by atoms with Gasteiger partial charge >= 0.3 is 0 Å². The summed E-state index contributed by atoms with van der Waals surface area (Å²) in [6.07, 6.45) is 7.19. The van der Waals surface area contributed by atoms with Gasteiger partial charge in [-0.05, 0) is 19.1 Å². The molecule has 0 aromatic carbocycles. The number of hydrogen-bond donors (Lipinski definition) is 1. The summed E-state index contributed by atoms with van der Waals surface area (Å²) in [5.41, 5.74) is 0.467. The first-order valence-electron chi connectivity index (χ1n) is 5.27. The molecule has 0 fully saturated rings. The molecule has 1 aromatic heterocycles. The molecule has 0 radical (unpaired) electrons. The topological polar surface area (TPSA) is 58.6 Å². The molecule has 0 bridgehead atoms. The average Bonchev–Trinajstić information content (AvgIpc) is 2.26. The first-order valence-corrected chi connectivity index (χ1v) is 6.50. The SMILES string of the molecule is CCCCCCc1nnc(SC)[nH]c1=O. The Balaban J connectivity index is 2.51. The van der Waals surface area contributed by atoms with Crippen molar-refractivity contribution in [3.05, 3.63) is 16.0 Å². The molecule has 1 heterocycles. The predicted molar refractivity (Wildman–Crippen MR) is 62.3 cm³/mol. The van der Waals surface area contributed by atoms with Crippen molar-refractivity contribution in [1.29, 1.82) is 0 Å². The molecule has 0 spiro atoms. The van der Waals surface area contributed by atoms with Crippen molar-refractivity contribution < 1.29 is 0 Å². The number of nitrogens with zero attached hydrogens (tertiary/aromatic N) is 2. The average molecular weight is 227 g/mol. The van der Waals surface area contributed by atoms with Crippen molar-refractivity contribution in [3.63, 3.8) is 0 Å². The fourth-order valence-corrected chi connectivity index (χ4v) is 1.64. The van der Waals surface area contributed by atoms with Crippen molar-refractivity contribution in [3.8, 4) is 0 Å². The zero-order chi connectivity index (χ0) is 11.1. The van der Waals surface area contributed by atoms with E-state index in [0.717, 1.165) is 19.3 Å². The minimum atomic E-state index is -0.0918. The maximum Gasteiger partial charge on any atom is 0.273 e. The normalized spacial score (nSPS) is 10.5. The van der Waals surface area contributed by atoms with Gasteiger partial charge in [-0.2, -0.15) is 0 Å². The van der Waals surface area contributed by atoms with Gasteiger partial charge in [-0.25, -0.2) is 0 Å². The van der Waals surface area contributed by atoms with Gasteiger partial charge < -0.3 is 0 Å².